The number of halogens is 3. The highest BCUT2D eigenvalue weighted by atomic mass is 19.4. The van der Waals surface area contributed by atoms with E-state index in [9.17, 15) is 18.0 Å². The summed E-state index contributed by atoms with van der Waals surface area (Å²) in [5.41, 5.74) is 4.76. The van der Waals surface area contributed by atoms with Crippen LogP contribution in [-0.2, 0) is 9.53 Å². The number of cyclic esters (lactones) is 1. The first kappa shape index (κ1) is 9.05. The van der Waals surface area contributed by atoms with Crippen molar-refractivity contribution in [1.29, 1.82) is 0 Å². The van der Waals surface area contributed by atoms with Crippen molar-refractivity contribution in [2.75, 3.05) is 0 Å². The van der Waals surface area contributed by atoms with Crippen LogP contribution in [0.3, 0.4) is 0 Å². The molecule has 0 aromatic rings. The third-order valence-corrected chi connectivity index (χ3v) is 1.41. The first-order valence-corrected chi connectivity index (χ1v) is 3.12. The van der Waals surface area contributed by atoms with Gasteiger partial charge in [0.2, 0.25) is 0 Å². The number of nitrogens with two attached hydrogens (primary N) is 1. The van der Waals surface area contributed by atoms with Crippen LogP contribution in [0, 0.1) is 0 Å². The molecule has 0 saturated heterocycles. The highest BCUT2D eigenvalue weighted by Gasteiger charge is 2.44. The topological polar surface area (TPSA) is 52.3 Å². The summed E-state index contributed by atoms with van der Waals surface area (Å²) in [6.07, 6.45) is -3.99. The molecule has 12 heavy (non-hydrogen) atoms. The van der Waals surface area contributed by atoms with E-state index in [1.807, 2.05) is 0 Å². The number of rotatable bonds is 1. The SMILES string of the molecule is N[C@@H]([C@@H]1C=CC(=O)O1)C(F)(F)F. The van der Waals surface area contributed by atoms with E-state index in [1.165, 1.54) is 0 Å². The zero-order valence-electron chi connectivity index (χ0n) is 5.84. The molecule has 0 amide bonds. The van der Waals surface area contributed by atoms with Gasteiger partial charge in [0.05, 0.1) is 0 Å². The summed E-state index contributed by atoms with van der Waals surface area (Å²) >= 11 is 0. The van der Waals surface area contributed by atoms with Crippen LogP contribution in [0.25, 0.3) is 0 Å². The number of carbonyl (C=O) groups is 1. The van der Waals surface area contributed by atoms with Crippen LogP contribution in [0.5, 0.6) is 0 Å². The molecule has 1 heterocycles. The standard InChI is InChI=1S/C6H6F3NO2/c7-6(8,9)5(10)3-1-2-4(11)12-3/h1-3,5H,10H2/t3-,5-/m0/s1. The molecule has 68 valence electrons. The first-order valence-electron chi connectivity index (χ1n) is 3.12. The second kappa shape index (κ2) is 2.78. The van der Waals surface area contributed by atoms with Crippen LogP contribution in [0.4, 0.5) is 13.2 Å². The van der Waals surface area contributed by atoms with E-state index in [1.54, 1.807) is 0 Å². The van der Waals surface area contributed by atoms with Crippen LogP contribution in [-0.4, -0.2) is 24.3 Å². The van der Waals surface area contributed by atoms with Crippen molar-refractivity contribution in [1.82, 2.24) is 0 Å². The second-order valence-electron chi connectivity index (χ2n) is 2.33. The quantitative estimate of drug-likeness (QED) is 0.594. The van der Waals surface area contributed by atoms with Crippen molar-refractivity contribution in [2.24, 2.45) is 5.73 Å². The number of carbonyl (C=O) groups excluding carboxylic acids is 1. The van der Waals surface area contributed by atoms with Gasteiger partial charge in [-0.15, -0.1) is 0 Å². The van der Waals surface area contributed by atoms with E-state index in [2.05, 4.69) is 4.74 Å². The zero-order chi connectivity index (χ0) is 9.35. The highest BCUT2D eigenvalue weighted by molar-refractivity contribution is 5.84. The molecule has 0 aliphatic carbocycles. The zero-order valence-corrected chi connectivity index (χ0v) is 5.84. The van der Waals surface area contributed by atoms with Crippen molar-refractivity contribution in [3.05, 3.63) is 12.2 Å². The molecule has 0 aromatic carbocycles. The molecule has 3 nitrogen and oxygen atoms in total. The first-order chi connectivity index (χ1) is 5.41. The van der Waals surface area contributed by atoms with Crippen molar-refractivity contribution in [2.45, 2.75) is 18.3 Å². The fraction of sp³-hybridized carbons (Fsp3) is 0.500. The summed E-state index contributed by atoms with van der Waals surface area (Å²) in [5, 5.41) is 0. The monoisotopic (exact) mass is 181 g/mol. The van der Waals surface area contributed by atoms with Crippen LogP contribution >= 0.6 is 0 Å². The van der Waals surface area contributed by atoms with Crippen molar-refractivity contribution in [3.63, 3.8) is 0 Å². The molecule has 2 N–H and O–H groups in total. The Balaban J connectivity index is 2.61. The normalized spacial score (nSPS) is 25.7. The van der Waals surface area contributed by atoms with E-state index in [-0.39, 0.29) is 0 Å². The molecule has 0 saturated carbocycles. The molecule has 0 bridgehead atoms. The molecule has 1 rings (SSSR count). The van der Waals surface area contributed by atoms with Gasteiger partial charge < -0.3 is 10.5 Å². The Morgan fingerprint density at radius 1 is 1.58 bits per heavy atom. The average Bonchev–Trinajstić information content (AvgIpc) is 2.32. The molecule has 0 spiro atoms. The van der Waals surface area contributed by atoms with E-state index in [4.69, 9.17) is 5.73 Å². The van der Waals surface area contributed by atoms with E-state index < -0.39 is 24.3 Å². The smallest absolute Gasteiger partial charge is 0.407 e. The number of hydrogen-bond acceptors (Lipinski definition) is 3. The van der Waals surface area contributed by atoms with Gasteiger partial charge >= 0.3 is 12.1 Å². The Kier molecular flexibility index (Phi) is 2.10. The van der Waals surface area contributed by atoms with Crippen molar-refractivity contribution < 1.29 is 22.7 Å². The Hall–Kier alpha value is -1.04. The van der Waals surface area contributed by atoms with Crippen LogP contribution in [0.1, 0.15) is 0 Å². The maximum Gasteiger partial charge on any atom is 0.407 e. The fourth-order valence-electron chi connectivity index (χ4n) is 0.765. The highest BCUT2D eigenvalue weighted by Crippen LogP contribution is 2.24. The average molecular weight is 181 g/mol. The molecular formula is C6H6F3NO2. The number of ether oxygens (including phenoxy) is 1. The largest absolute Gasteiger partial charge is 0.453 e. The molecule has 0 fully saturated rings. The van der Waals surface area contributed by atoms with Crippen LogP contribution in [0.2, 0.25) is 0 Å². The van der Waals surface area contributed by atoms with Gasteiger partial charge in [-0.05, 0) is 6.08 Å². The van der Waals surface area contributed by atoms with Gasteiger partial charge in [-0.3, -0.25) is 0 Å². The molecule has 1 aliphatic heterocycles. The van der Waals surface area contributed by atoms with E-state index in [0.717, 1.165) is 12.2 Å². The Morgan fingerprint density at radius 2 is 2.17 bits per heavy atom. The lowest BCUT2D eigenvalue weighted by Crippen LogP contribution is -2.46. The number of alkyl halides is 3. The maximum absolute atomic E-state index is 11.9. The molecule has 0 radical (unpaired) electrons. The Labute approximate surface area is 66.0 Å². The van der Waals surface area contributed by atoms with E-state index >= 15 is 0 Å². The molecule has 0 aromatic heterocycles. The minimum absolute atomic E-state index is 0.792. The Morgan fingerprint density at radius 3 is 2.50 bits per heavy atom. The summed E-state index contributed by atoms with van der Waals surface area (Å²) in [5.74, 6) is -0.792. The lowest BCUT2D eigenvalue weighted by atomic mass is 10.2. The summed E-state index contributed by atoms with van der Waals surface area (Å²) in [6.45, 7) is 0. The third kappa shape index (κ3) is 1.76. The van der Waals surface area contributed by atoms with Crippen LogP contribution < -0.4 is 5.73 Å². The molecule has 0 unspecified atom stereocenters. The second-order valence-corrected chi connectivity index (χ2v) is 2.33. The summed E-state index contributed by atoms with van der Waals surface area (Å²) in [6, 6.07) is -2.14. The molecule has 6 heteroatoms. The summed E-state index contributed by atoms with van der Waals surface area (Å²) in [4.78, 5) is 10.4. The van der Waals surface area contributed by atoms with Gasteiger partial charge in [0.15, 0.2) is 0 Å². The summed E-state index contributed by atoms with van der Waals surface area (Å²) < 4.78 is 39.9. The Bertz CT molecular complexity index is 223. The van der Waals surface area contributed by atoms with Gasteiger partial charge in [-0.25, -0.2) is 4.79 Å². The van der Waals surface area contributed by atoms with Gasteiger partial charge in [-0.1, -0.05) is 0 Å². The lowest BCUT2D eigenvalue weighted by Gasteiger charge is -2.19. The molecule has 2 atom stereocenters. The van der Waals surface area contributed by atoms with E-state index in [0.29, 0.717) is 0 Å². The van der Waals surface area contributed by atoms with Gasteiger partial charge in [0.25, 0.3) is 0 Å². The lowest BCUT2D eigenvalue weighted by molar-refractivity contribution is -0.172. The van der Waals surface area contributed by atoms with Crippen LogP contribution in [0.15, 0.2) is 12.2 Å². The summed E-state index contributed by atoms with van der Waals surface area (Å²) in [7, 11) is 0. The third-order valence-electron chi connectivity index (χ3n) is 1.41. The predicted molar refractivity (Wildman–Crippen MR) is 33.1 cm³/mol. The maximum atomic E-state index is 11.9. The number of hydrogen-bond donors (Lipinski definition) is 1. The van der Waals surface area contributed by atoms with Gasteiger partial charge in [0, 0.05) is 6.08 Å². The van der Waals surface area contributed by atoms with Gasteiger partial charge in [-0.2, -0.15) is 13.2 Å². The number of esters is 1. The van der Waals surface area contributed by atoms with Gasteiger partial charge in [0.1, 0.15) is 12.1 Å². The minimum Gasteiger partial charge on any atom is -0.453 e. The van der Waals surface area contributed by atoms with Crippen molar-refractivity contribution >= 4 is 5.97 Å². The molecular weight excluding hydrogens is 175 g/mol. The van der Waals surface area contributed by atoms with Crippen molar-refractivity contribution in [3.8, 4) is 0 Å². The molecule has 1 aliphatic rings. The fourth-order valence-corrected chi connectivity index (χ4v) is 0.765. The minimum atomic E-state index is -4.54. The predicted octanol–water partition coefficient (Wildman–Crippen LogP) is 0.358.